The van der Waals surface area contributed by atoms with Crippen LogP contribution in [0.3, 0.4) is 0 Å². The van der Waals surface area contributed by atoms with Crippen LogP contribution in [-0.2, 0) is 17.9 Å². The van der Waals surface area contributed by atoms with Gasteiger partial charge in [-0.3, -0.25) is 18.8 Å². The molecule has 1 aromatic carbocycles. The van der Waals surface area contributed by atoms with Gasteiger partial charge in [-0.1, -0.05) is 18.6 Å². The number of hydrogen-bond acceptors (Lipinski definition) is 3. The van der Waals surface area contributed by atoms with Crippen molar-refractivity contribution in [1.82, 2.24) is 19.4 Å². The van der Waals surface area contributed by atoms with Crippen LogP contribution >= 0.6 is 0 Å². The molecular weight excluding hydrogens is 328 g/mol. The Bertz CT molecular complexity index is 828. The number of fused-ring (bicyclic) bond motifs is 1. The molecular formula is C20H30N4O2. The molecule has 6 heteroatoms. The summed E-state index contributed by atoms with van der Waals surface area (Å²) in [5.74, 6) is -0.115. The summed E-state index contributed by atoms with van der Waals surface area (Å²) in [5.41, 5.74) is 1.49. The molecule has 142 valence electrons. The van der Waals surface area contributed by atoms with Gasteiger partial charge in [0.05, 0.1) is 11.0 Å². The number of aromatic nitrogens is 2. The van der Waals surface area contributed by atoms with Gasteiger partial charge in [-0.2, -0.15) is 0 Å². The number of carbonyl (C=O) groups excluding carboxylic acids is 1. The average molecular weight is 358 g/mol. The van der Waals surface area contributed by atoms with E-state index < -0.39 is 0 Å². The molecule has 1 amide bonds. The molecule has 1 saturated heterocycles. The monoisotopic (exact) mass is 358 g/mol. The molecule has 2 heterocycles. The summed E-state index contributed by atoms with van der Waals surface area (Å²) in [5, 5.41) is 3.04. The van der Waals surface area contributed by atoms with E-state index in [0.717, 1.165) is 24.1 Å². The van der Waals surface area contributed by atoms with E-state index in [2.05, 4.69) is 24.1 Å². The molecule has 1 aliphatic heterocycles. The summed E-state index contributed by atoms with van der Waals surface area (Å²) in [4.78, 5) is 27.6. The van der Waals surface area contributed by atoms with Crippen molar-refractivity contribution in [3.8, 4) is 0 Å². The van der Waals surface area contributed by atoms with Crippen molar-refractivity contribution in [1.29, 1.82) is 0 Å². The van der Waals surface area contributed by atoms with Gasteiger partial charge in [-0.15, -0.1) is 0 Å². The Morgan fingerprint density at radius 2 is 1.69 bits per heavy atom. The first kappa shape index (κ1) is 18.7. The molecule has 26 heavy (non-hydrogen) atoms. The Hall–Kier alpha value is -2.08. The summed E-state index contributed by atoms with van der Waals surface area (Å²) < 4.78 is 3.28. The number of para-hydroxylation sites is 2. The first-order valence-electron chi connectivity index (χ1n) is 9.64. The fourth-order valence-corrected chi connectivity index (χ4v) is 3.86. The highest BCUT2D eigenvalue weighted by Crippen LogP contribution is 2.20. The second-order valence-corrected chi connectivity index (χ2v) is 7.74. The van der Waals surface area contributed by atoms with E-state index in [4.69, 9.17) is 0 Å². The highest BCUT2D eigenvalue weighted by Gasteiger charge is 2.28. The molecule has 6 nitrogen and oxygen atoms in total. The summed E-state index contributed by atoms with van der Waals surface area (Å²) >= 11 is 0. The number of amides is 1. The normalized spacial score (nSPS) is 16.1. The minimum absolute atomic E-state index is 0.0580. The predicted octanol–water partition coefficient (Wildman–Crippen LogP) is 2.20. The molecule has 2 aromatic rings. The van der Waals surface area contributed by atoms with Gasteiger partial charge in [0.25, 0.3) is 0 Å². The van der Waals surface area contributed by atoms with E-state index in [1.165, 1.54) is 19.3 Å². The number of rotatable bonds is 6. The number of nitrogens with one attached hydrogen (secondary N) is 1. The minimum Gasteiger partial charge on any atom is -0.353 e. The zero-order valence-electron chi connectivity index (χ0n) is 16.1. The van der Waals surface area contributed by atoms with Crippen LogP contribution in [0.2, 0.25) is 0 Å². The zero-order valence-corrected chi connectivity index (χ0v) is 16.1. The van der Waals surface area contributed by atoms with Crippen molar-refractivity contribution in [2.75, 3.05) is 19.6 Å². The lowest BCUT2D eigenvalue weighted by molar-refractivity contribution is -0.122. The molecule has 0 aliphatic carbocycles. The number of piperidine rings is 1. The van der Waals surface area contributed by atoms with Crippen molar-refractivity contribution >= 4 is 16.9 Å². The van der Waals surface area contributed by atoms with Crippen molar-refractivity contribution in [2.45, 2.75) is 58.7 Å². The summed E-state index contributed by atoms with van der Waals surface area (Å²) in [6, 6.07) is 7.64. The Morgan fingerprint density at radius 1 is 1.08 bits per heavy atom. The third kappa shape index (κ3) is 3.70. The van der Waals surface area contributed by atoms with Crippen molar-refractivity contribution < 1.29 is 4.79 Å². The molecule has 1 aromatic heterocycles. The van der Waals surface area contributed by atoms with Crippen LogP contribution in [0, 0.1) is 0 Å². The van der Waals surface area contributed by atoms with Crippen LogP contribution in [0.1, 0.15) is 40.0 Å². The second-order valence-electron chi connectivity index (χ2n) is 7.74. The summed E-state index contributed by atoms with van der Waals surface area (Å²) in [6.07, 6.45) is 3.75. The molecule has 1 aliphatic rings. The van der Waals surface area contributed by atoms with Crippen LogP contribution in [-0.4, -0.2) is 45.1 Å². The smallest absolute Gasteiger partial charge is 0.329 e. The van der Waals surface area contributed by atoms with Gasteiger partial charge in [-0.25, -0.2) is 4.79 Å². The minimum atomic E-state index is -0.126. The lowest BCUT2D eigenvalue weighted by atomic mass is 9.98. The molecule has 3 rings (SSSR count). The average Bonchev–Trinajstić information content (AvgIpc) is 2.92. The number of aryl methyl sites for hydroxylation is 1. The number of hydrogen-bond donors (Lipinski definition) is 1. The van der Waals surface area contributed by atoms with E-state index >= 15 is 0 Å². The maximum absolute atomic E-state index is 12.6. The molecule has 0 unspecified atom stereocenters. The highest BCUT2D eigenvalue weighted by molar-refractivity contribution is 5.81. The number of benzene rings is 1. The first-order valence-corrected chi connectivity index (χ1v) is 9.64. The Labute approximate surface area is 154 Å². The number of likely N-dealkylation sites (tertiary alicyclic amines) is 1. The van der Waals surface area contributed by atoms with Crippen molar-refractivity contribution in [3.63, 3.8) is 0 Å². The molecule has 0 atom stereocenters. The molecule has 0 spiro atoms. The van der Waals surface area contributed by atoms with Gasteiger partial charge in [-0.05, 0) is 58.8 Å². The second kappa shape index (κ2) is 7.66. The van der Waals surface area contributed by atoms with Crippen LogP contribution in [0.4, 0.5) is 0 Å². The maximum atomic E-state index is 12.6. The van der Waals surface area contributed by atoms with Crippen molar-refractivity contribution in [2.24, 2.45) is 0 Å². The van der Waals surface area contributed by atoms with Crippen LogP contribution in [0.5, 0.6) is 0 Å². The van der Waals surface area contributed by atoms with Crippen LogP contribution in [0.25, 0.3) is 11.0 Å². The Kier molecular flexibility index (Phi) is 5.51. The highest BCUT2D eigenvalue weighted by atomic mass is 16.2. The quantitative estimate of drug-likeness (QED) is 0.861. The van der Waals surface area contributed by atoms with E-state index in [0.29, 0.717) is 13.1 Å². The zero-order chi connectivity index (χ0) is 18.7. The summed E-state index contributed by atoms with van der Waals surface area (Å²) in [6.45, 7) is 9.71. The molecule has 1 fully saturated rings. The van der Waals surface area contributed by atoms with Gasteiger partial charge in [0.2, 0.25) is 5.91 Å². The molecule has 0 saturated carbocycles. The molecule has 0 bridgehead atoms. The van der Waals surface area contributed by atoms with Crippen LogP contribution < -0.4 is 11.0 Å². The number of nitrogens with zero attached hydrogens (tertiary/aromatic N) is 3. The molecule has 0 radical (unpaired) electrons. The number of imidazole rings is 1. The van der Waals surface area contributed by atoms with E-state index in [-0.39, 0.29) is 23.7 Å². The Balaban J connectivity index is 1.70. The maximum Gasteiger partial charge on any atom is 0.329 e. The van der Waals surface area contributed by atoms with Gasteiger partial charge < -0.3 is 5.32 Å². The lowest BCUT2D eigenvalue weighted by Crippen LogP contribution is -2.53. The lowest BCUT2D eigenvalue weighted by Gasteiger charge is -2.41. The third-order valence-corrected chi connectivity index (χ3v) is 5.47. The predicted molar refractivity (Wildman–Crippen MR) is 104 cm³/mol. The van der Waals surface area contributed by atoms with E-state index in [1.54, 1.807) is 9.13 Å². The van der Waals surface area contributed by atoms with Gasteiger partial charge in [0.15, 0.2) is 0 Å². The number of carbonyl (C=O) groups is 1. The third-order valence-electron chi connectivity index (χ3n) is 5.47. The van der Waals surface area contributed by atoms with Gasteiger partial charge >= 0.3 is 5.69 Å². The largest absolute Gasteiger partial charge is 0.353 e. The van der Waals surface area contributed by atoms with E-state index in [1.807, 2.05) is 31.2 Å². The SMILES string of the molecule is CCn1c(=O)n(CC(=O)NCC(C)(C)N2CCCCC2)c2ccccc21. The van der Waals surface area contributed by atoms with Crippen LogP contribution in [0.15, 0.2) is 29.1 Å². The Morgan fingerprint density at radius 3 is 2.31 bits per heavy atom. The summed E-state index contributed by atoms with van der Waals surface area (Å²) in [7, 11) is 0. The van der Waals surface area contributed by atoms with Gasteiger partial charge in [0.1, 0.15) is 6.54 Å². The fraction of sp³-hybridized carbons (Fsp3) is 0.600. The van der Waals surface area contributed by atoms with Gasteiger partial charge in [0, 0.05) is 18.6 Å². The fourth-order valence-electron chi connectivity index (χ4n) is 3.86. The first-order chi connectivity index (χ1) is 12.4. The van der Waals surface area contributed by atoms with E-state index in [9.17, 15) is 9.59 Å². The molecule has 1 N–H and O–H groups in total. The topological polar surface area (TPSA) is 59.3 Å². The van der Waals surface area contributed by atoms with Crippen molar-refractivity contribution in [3.05, 3.63) is 34.7 Å². The standard InChI is InChI=1S/C20H30N4O2/c1-4-23-16-10-6-7-11-17(16)24(19(23)26)14-18(25)21-15-20(2,3)22-12-8-5-9-13-22/h6-7,10-11H,4-5,8-9,12-15H2,1-3H3,(H,21,25).